The normalized spacial score (nSPS) is 19.6. The first-order valence-electron chi connectivity index (χ1n) is 6.74. The Morgan fingerprint density at radius 2 is 2.00 bits per heavy atom. The minimum absolute atomic E-state index is 0. The maximum Gasteiger partial charge on any atom is 0.119 e. The Balaban J connectivity index is 0.00000162. The zero-order valence-electron chi connectivity index (χ0n) is 11.0. The van der Waals surface area contributed by atoms with E-state index in [-0.39, 0.29) is 7.43 Å². The standard InChI is InChI=1S/C15H23NO.CH4/c1-3-4-12-17-14-9-7-13(8-10-14)15-6-5-11-16(15)2;/h7-10,15H,3-6,11-12H2,1-2H3;1H4. The molecule has 0 radical (unpaired) electrons. The lowest BCUT2D eigenvalue weighted by molar-refractivity contribution is 0.306. The molecule has 1 aliphatic heterocycles. The summed E-state index contributed by atoms with van der Waals surface area (Å²) >= 11 is 0. The van der Waals surface area contributed by atoms with Gasteiger partial charge in [-0.1, -0.05) is 32.9 Å². The zero-order valence-corrected chi connectivity index (χ0v) is 11.0. The van der Waals surface area contributed by atoms with Crippen molar-refractivity contribution < 1.29 is 4.74 Å². The zero-order chi connectivity index (χ0) is 12.1. The Morgan fingerprint density at radius 1 is 1.28 bits per heavy atom. The monoisotopic (exact) mass is 249 g/mol. The van der Waals surface area contributed by atoms with Gasteiger partial charge in [0.1, 0.15) is 5.75 Å². The number of hydrogen-bond donors (Lipinski definition) is 0. The molecule has 102 valence electrons. The summed E-state index contributed by atoms with van der Waals surface area (Å²) in [6.45, 7) is 4.24. The molecule has 2 heteroatoms. The molecule has 1 atom stereocenters. The van der Waals surface area contributed by atoms with Gasteiger partial charge in [-0.25, -0.2) is 0 Å². The lowest BCUT2D eigenvalue weighted by Crippen LogP contribution is -2.17. The van der Waals surface area contributed by atoms with Crippen LogP contribution in [0.2, 0.25) is 0 Å². The van der Waals surface area contributed by atoms with Gasteiger partial charge in [-0.2, -0.15) is 0 Å². The maximum absolute atomic E-state index is 5.68. The molecule has 2 nitrogen and oxygen atoms in total. The molecule has 0 bridgehead atoms. The number of benzene rings is 1. The second kappa shape index (κ2) is 7.42. The molecule has 0 amide bonds. The van der Waals surface area contributed by atoms with E-state index in [9.17, 15) is 0 Å². The van der Waals surface area contributed by atoms with E-state index in [2.05, 4.69) is 43.1 Å². The summed E-state index contributed by atoms with van der Waals surface area (Å²) in [6, 6.07) is 9.26. The highest BCUT2D eigenvalue weighted by atomic mass is 16.5. The number of rotatable bonds is 5. The van der Waals surface area contributed by atoms with E-state index < -0.39 is 0 Å². The van der Waals surface area contributed by atoms with Crippen molar-refractivity contribution in [3.63, 3.8) is 0 Å². The Bertz CT molecular complexity index is 333. The molecule has 18 heavy (non-hydrogen) atoms. The predicted molar refractivity (Wildman–Crippen MR) is 78.2 cm³/mol. The van der Waals surface area contributed by atoms with Crippen LogP contribution in [0.1, 0.15) is 51.6 Å². The summed E-state index contributed by atoms with van der Waals surface area (Å²) in [7, 11) is 2.21. The molecule has 0 aliphatic carbocycles. The van der Waals surface area contributed by atoms with Gasteiger partial charge in [-0.3, -0.25) is 4.90 Å². The first-order chi connectivity index (χ1) is 8.31. The van der Waals surface area contributed by atoms with Crippen LogP contribution in [0.15, 0.2) is 24.3 Å². The van der Waals surface area contributed by atoms with Crippen molar-refractivity contribution in [2.45, 2.75) is 46.1 Å². The summed E-state index contributed by atoms with van der Waals surface area (Å²) in [5, 5.41) is 0. The minimum Gasteiger partial charge on any atom is -0.494 e. The molecule has 0 N–H and O–H groups in total. The van der Waals surface area contributed by atoms with Gasteiger partial charge >= 0.3 is 0 Å². The van der Waals surface area contributed by atoms with Gasteiger partial charge < -0.3 is 4.74 Å². The fraction of sp³-hybridized carbons (Fsp3) is 0.625. The van der Waals surface area contributed by atoms with Crippen LogP contribution < -0.4 is 4.74 Å². The summed E-state index contributed by atoms with van der Waals surface area (Å²) in [5.41, 5.74) is 1.42. The average molecular weight is 249 g/mol. The van der Waals surface area contributed by atoms with Crippen molar-refractivity contribution in [3.05, 3.63) is 29.8 Å². The van der Waals surface area contributed by atoms with Crippen LogP contribution in [0.5, 0.6) is 5.75 Å². The van der Waals surface area contributed by atoms with E-state index in [0.29, 0.717) is 6.04 Å². The number of hydrogen-bond acceptors (Lipinski definition) is 2. The van der Waals surface area contributed by atoms with E-state index >= 15 is 0 Å². The molecule has 0 spiro atoms. The van der Waals surface area contributed by atoms with Crippen molar-refractivity contribution in [3.8, 4) is 5.75 Å². The second-order valence-electron chi connectivity index (χ2n) is 4.91. The number of unbranched alkanes of at least 4 members (excludes halogenated alkanes) is 1. The van der Waals surface area contributed by atoms with Gasteiger partial charge in [0.05, 0.1) is 6.61 Å². The van der Waals surface area contributed by atoms with Gasteiger partial charge in [-0.05, 0) is 50.6 Å². The van der Waals surface area contributed by atoms with Crippen LogP contribution in [0.4, 0.5) is 0 Å². The third-order valence-electron chi connectivity index (χ3n) is 3.55. The van der Waals surface area contributed by atoms with Crippen molar-refractivity contribution in [1.82, 2.24) is 4.90 Å². The average Bonchev–Trinajstić information content (AvgIpc) is 2.77. The molecule has 1 heterocycles. The Labute approximate surface area is 112 Å². The largest absolute Gasteiger partial charge is 0.494 e. The molecule has 0 saturated carbocycles. The van der Waals surface area contributed by atoms with E-state index in [1.165, 1.54) is 31.4 Å². The fourth-order valence-corrected chi connectivity index (χ4v) is 2.45. The van der Waals surface area contributed by atoms with Crippen LogP contribution in [0, 0.1) is 0 Å². The molecule has 1 aliphatic rings. The summed E-state index contributed by atoms with van der Waals surface area (Å²) in [4.78, 5) is 2.44. The van der Waals surface area contributed by atoms with E-state index in [0.717, 1.165) is 18.8 Å². The summed E-state index contributed by atoms with van der Waals surface area (Å²) in [5.74, 6) is 1.00. The third-order valence-corrected chi connectivity index (χ3v) is 3.55. The smallest absolute Gasteiger partial charge is 0.119 e. The minimum atomic E-state index is 0. The summed E-state index contributed by atoms with van der Waals surface area (Å²) < 4.78 is 5.68. The lowest BCUT2D eigenvalue weighted by atomic mass is 10.0. The van der Waals surface area contributed by atoms with Gasteiger partial charge in [0.15, 0.2) is 0 Å². The Morgan fingerprint density at radius 3 is 2.56 bits per heavy atom. The molecule has 2 rings (SSSR count). The molecule has 1 unspecified atom stereocenters. The SMILES string of the molecule is C.CCCCOc1ccc(C2CCCN2C)cc1. The molecule has 1 fully saturated rings. The van der Waals surface area contributed by atoms with Crippen LogP contribution in [0.3, 0.4) is 0 Å². The highest BCUT2D eigenvalue weighted by molar-refractivity contribution is 5.29. The van der Waals surface area contributed by atoms with Gasteiger partial charge in [0.25, 0.3) is 0 Å². The number of likely N-dealkylation sites (tertiary alicyclic amines) is 1. The Hall–Kier alpha value is -1.02. The van der Waals surface area contributed by atoms with Crippen LogP contribution in [-0.2, 0) is 0 Å². The maximum atomic E-state index is 5.68. The lowest BCUT2D eigenvalue weighted by Gasteiger charge is -2.19. The van der Waals surface area contributed by atoms with Gasteiger partial charge in [0, 0.05) is 6.04 Å². The van der Waals surface area contributed by atoms with Crippen LogP contribution >= 0.6 is 0 Å². The summed E-state index contributed by atoms with van der Waals surface area (Å²) in [6.07, 6.45) is 4.92. The van der Waals surface area contributed by atoms with Crippen LogP contribution in [-0.4, -0.2) is 25.1 Å². The van der Waals surface area contributed by atoms with E-state index in [1.54, 1.807) is 0 Å². The van der Waals surface area contributed by atoms with Crippen molar-refractivity contribution in [1.29, 1.82) is 0 Å². The Kier molecular flexibility index (Phi) is 6.20. The number of ether oxygens (including phenoxy) is 1. The first kappa shape index (κ1) is 15.0. The molecular weight excluding hydrogens is 222 g/mol. The highest BCUT2D eigenvalue weighted by Crippen LogP contribution is 2.31. The second-order valence-corrected chi connectivity index (χ2v) is 4.91. The molecule has 0 aromatic heterocycles. The fourth-order valence-electron chi connectivity index (χ4n) is 2.45. The van der Waals surface area contributed by atoms with E-state index in [1.807, 2.05) is 0 Å². The topological polar surface area (TPSA) is 12.5 Å². The van der Waals surface area contributed by atoms with Gasteiger partial charge in [-0.15, -0.1) is 0 Å². The number of nitrogens with zero attached hydrogens (tertiary/aromatic N) is 1. The highest BCUT2D eigenvalue weighted by Gasteiger charge is 2.22. The van der Waals surface area contributed by atoms with Gasteiger partial charge in [0.2, 0.25) is 0 Å². The van der Waals surface area contributed by atoms with Crippen molar-refractivity contribution in [2.24, 2.45) is 0 Å². The first-order valence-corrected chi connectivity index (χ1v) is 6.74. The molecule has 1 aromatic rings. The molecule has 1 saturated heterocycles. The third kappa shape index (κ3) is 3.74. The molecular formula is C16H27NO. The van der Waals surface area contributed by atoms with Crippen molar-refractivity contribution >= 4 is 0 Å². The van der Waals surface area contributed by atoms with E-state index in [4.69, 9.17) is 4.74 Å². The predicted octanol–water partition coefficient (Wildman–Crippen LogP) is 4.27. The quantitative estimate of drug-likeness (QED) is 0.723. The van der Waals surface area contributed by atoms with Crippen molar-refractivity contribution in [2.75, 3.05) is 20.2 Å². The van der Waals surface area contributed by atoms with Crippen LogP contribution in [0.25, 0.3) is 0 Å². The molecule has 1 aromatic carbocycles.